The molecule has 0 aromatic heterocycles. The first-order valence-electron chi connectivity index (χ1n) is 8.84. The fourth-order valence-corrected chi connectivity index (χ4v) is 2.46. The lowest BCUT2D eigenvalue weighted by atomic mass is 10.1. The maximum absolute atomic E-state index is 12.5. The summed E-state index contributed by atoms with van der Waals surface area (Å²) in [5, 5.41) is 8.90. The van der Waals surface area contributed by atoms with Crippen LogP contribution in [0, 0.1) is 0 Å². The molecule has 0 atom stereocenters. The monoisotopic (exact) mass is 520 g/mol. The van der Waals surface area contributed by atoms with Gasteiger partial charge in [-0.25, -0.2) is 0 Å². The average molecular weight is 520 g/mol. The molecule has 0 unspecified atom stereocenters. The van der Waals surface area contributed by atoms with Gasteiger partial charge in [0, 0.05) is 32.2 Å². The highest BCUT2D eigenvalue weighted by Crippen LogP contribution is 2.28. The molecule has 0 aliphatic carbocycles. The molecule has 158 valence electrons. The van der Waals surface area contributed by atoms with Crippen molar-refractivity contribution in [2.45, 2.75) is 12.6 Å². The zero-order chi connectivity index (χ0) is 20.4. The van der Waals surface area contributed by atoms with Crippen molar-refractivity contribution in [2.75, 3.05) is 26.7 Å². The third-order valence-corrected chi connectivity index (χ3v) is 3.95. The van der Waals surface area contributed by atoms with Crippen LogP contribution in [0.5, 0.6) is 0 Å². The fourth-order valence-electron chi connectivity index (χ4n) is 2.46. The van der Waals surface area contributed by atoms with Gasteiger partial charge in [0.05, 0.1) is 5.56 Å². The lowest BCUT2D eigenvalue weighted by molar-refractivity contribution is -0.137. The molecule has 0 radical (unpaired) electrons. The molecule has 3 N–H and O–H groups in total. The topological polar surface area (TPSA) is 65.5 Å². The van der Waals surface area contributed by atoms with Crippen LogP contribution >= 0.6 is 24.0 Å². The van der Waals surface area contributed by atoms with Crippen LogP contribution < -0.4 is 16.0 Å². The molecule has 0 bridgehead atoms. The summed E-state index contributed by atoms with van der Waals surface area (Å²) < 4.78 is 37.6. The quantitative estimate of drug-likeness (QED) is 0.227. The summed E-state index contributed by atoms with van der Waals surface area (Å²) in [4.78, 5) is 16.1. The van der Waals surface area contributed by atoms with Crippen LogP contribution in [0.2, 0.25) is 0 Å². The van der Waals surface area contributed by atoms with Gasteiger partial charge < -0.3 is 16.0 Å². The minimum Gasteiger partial charge on any atom is -0.356 e. The summed E-state index contributed by atoms with van der Waals surface area (Å²) in [6.07, 6.45) is -3.56. The highest BCUT2D eigenvalue weighted by molar-refractivity contribution is 14.0. The number of benzene rings is 2. The highest BCUT2D eigenvalue weighted by atomic mass is 127. The average Bonchev–Trinajstić information content (AvgIpc) is 2.70. The molecule has 0 heterocycles. The number of alkyl halides is 3. The first-order valence-corrected chi connectivity index (χ1v) is 8.84. The van der Waals surface area contributed by atoms with Crippen LogP contribution in [0.1, 0.15) is 21.5 Å². The Morgan fingerprint density at radius 1 is 0.897 bits per heavy atom. The SMILES string of the molecule is CN=C(NCCNC(=O)c1ccc(C(F)(F)F)cc1)NCCc1ccccc1.I. The number of nitrogens with one attached hydrogen (secondary N) is 3. The summed E-state index contributed by atoms with van der Waals surface area (Å²) in [5.41, 5.74) is 0.615. The molecule has 0 saturated carbocycles. The molecule has 0 saturated heterocycles. The number of hydrogen-bond donors (Lipinski definition) is 3. The smallest absolute Gasteiger partial charge is 0.356 e. The van der Waals surface area contributed by atoms with Crippen LogP contribution in [0.3, 0.4) is 0 Å². The van der Waals surface area contributed by atoms with E-state index in [1.54, 1.807) is 7.05 Å². The Morgan fingerprint density at radius 3 is 2.07 bits per heavy atom. The third-order valence-electron chi connectivity index (χ3n) is 3.95. The third kappa shape index (κ3) is 8.71. The minimum absolute atomic E-state index is 0. The zero-order valence-electron chi connectivity index (χ0n) is 15.9. The van der Waals surface area contributed by atoms with E-state index in [-0.39, 0.29) is 29.5 Å². The van der Waals surface area contributed by atoms with E-state index >= 15 is 0 Å². The molecule has 0 aliphatic rings. The Balaban J connectivity index is 0.00000420. The first-order chi connectivity index (χ1) is 13.4. The molecular weight excluding hydrogens is 496 g/mol. The van der Waals surface area contributed by atoms with Crippen molar-refractivity contribution in [3.63, 3.8) is 0 Å². The molecular formula is C20H24F3IN4O. The zero-order valence-corrected chi connectivity index (χ0v) is 18.3. The summed E-state index contributed by atoms with van der Waals surface area (Å²) in [5.74, 6) is 0.183. The van der Waals surface area contributed by atoms with Gasteiger partial charge in [-0.05, 0) is 36.2 Å². The van der Waals surface area contributed by atoms with Gasteiger partial charge in [0.25, 0.3) is 5.91 Å². The van der Waals surface area contributed by atoms with E-state index in [0.29, 0.717) is 25.6 Å². The van der Waals surface area contributed by atoms with Crippen molar-refractivity contribution < 1.29 is 18.0 Å². The van der Waals surface area contributed by atoms with Crippen LogP contribution in [0.4, 0.5) is 13.2 Å². The van der Waals surface area contributed by atoms with Crippen molar-refractivity contribution in [1.29, 1.82) is 0 Å². The minimum atomic E-state index is -4.41. The highest BCUT2D eigenvalue weighted by Gasteiger charge is 2.30. The summed E-state index contributed by atoms with van der Waals surface area (Å²) in [6.45, 7) is 1.44. The number of hydrogen-bond acceptors (Lipinski definition) is 2. The Bertz CT molecular complexity index is 781. The van der Waals surface area contributed by atoms with Gasteiger partial charge in [-0.3, -0.25) is 9.79 Å². The van der Waals surface area contributed by atoms with Crippen molar-refractivity contribution in [3.05, 3.63) is 71.3 Å². The van der Waals surface area contributed by atoms with E-state index in [9.17, 15) is 18.0 Å². The second-order valence-electron chi connectivity index (χ2n) is 5.99. The molecule has 0 aliphatic heterocycles. The van der Waals surface area contributed by atoms with Gasteiger partial charge in [0.1, 0.15) is 0 Å². The maximum atomic E-state index is 12.5. The van der Waals surface area contributed by atoms with Gasteiger partial charge >= 0.3 is 6.18 Å². The van der Waals surface area contributed by atoms with Gasteiger partial charge in [-0.2, -0.15) is 13.2 Å². The normalized spacial score (nSPS) is 11.4. The van der Waals surface area contributed by atoms with Crippen LogP contribution in [0.25, 0.3) is 0 Å². The molecule has 0 spiro atoms. The van der Waals surface area contributed by atoms with E-state index in [2.05, 4.69) is 33.1 Å². The van der Waals surface area contributed by atoms with Crippen molar-refractivity contribution in [1.82, 2.24) is 16.0 Å². The molecule has 2 aromatic rings. The molecule has 0 fully saturated rings. The van der Waals surface area contributed by atoms with Crippen molar-refractivity contribution in [3.8, 4) is 0 Å². The Labute approximate surface area is 185 Å². The molecule has 5 nitrogen and oxygen atoms in total. The van der Waals surface area contributed by atoms with E-state index in [1.165, 1.54) is 5.56 Å². The second kappa shape index (κ2) is 12.3. The standard InChI is InChI=1S/C20H23F3N4O.HI/c1-24-19(26-12-11-15-5-3-2-4-6-15)27-14-13-25-18(28)16-7-9-17(10-8-16)20(21,22)23;/h2-10H,11-14H2,1H3,(H,25,28)(H2,24,26,27);1H. The number of rotatable bonds is 7. The Kier molecular flexibility index (Phi) is 10.5. The van der Waals surface area contributed by atoms with Crippen molar-refractivity contribution >= 4 is 35.8 Å². The lowest BCUT2D eigenvalue weighted by Crippen LogP contribution is -2.42. The maximum Gasteiger partial charge on any atom is 0.416 e. The predicted molar refractivity (Wildman–Crippen MR) is 119 cm³/mol. The largest absolute Gasteiger partial charge is 0.416 e. The predicted octanol–water partition coefficient (Wildman–Crippen LogP) is 3.46. The summed E-state index contributed by atoms with van der Waals surface area (Å²) in [6, 6.07) is 14.2. The van der Waals surface area contributed by atoms with Crippen LogP contribution in [-0.2, 0) is 12.6 Å². The Hall–Kier alpha value is -2.30. The number of carbonyl (C=O) groups excluding carboxylic acids is 1. The molecule has 2 aromatic carbocycles. The first kappa shape index (κ1) is 24.7. The van der Waals surface area contributed by atoms with Gasteiger partial charge in [0.2, 0.25) is 0 Å². The van der Waals surface area contributed by atoms with Crippen LogP contribution in [-0.4, -0.2) is 38.5 Å². The number of guanidine groups is 1. The van der Waals surface area contributed by atoms with Gasteiger partial charge in [0.15, 0.2) is 5.96 Å². The van der Waals surface area contributed by atoms with E-state index in [4.69, 9.17) is 0 Å². The van der Waals surface area contributed by atoms with E-state index in [0.717, 1.165) is 30.7 Å². The molecule has 1 amide bonds. The number of amides is 1. The lowest BCUT2D eigenvalue weighted by Gasteiger charge is -2.12. The Morgan fingerprint density at radius 2 is 1.48 bits per heavy atom. The fraction of sp³-hybridized carbons (Fsp3) is 0.300. The molecule has 29 heavy (non-hydrogen) atoms. The van der Waals surface area contributed by atoms with Crippen molar-refractivity contribution in [2.24, 2.45) is 4.99 Å². The molecule has 2 rings (SSSR count). The van der Waals surface area contributed by atoms with E-state index < -0.39 is 17.6 Å². The number of halogens is 4. The number of nitrogens with zero attached hydrogens (tertiary/aromatic N) is 1. The number of aliphatic imine (C=N–C) groups is 1. The van der Waals surface area contributed by atoms with Gasteiger partial charge in [-0.1, -0.05) is 30.3 Å². The summed E-state index contributed by atoms with van der Waals surface area (Å²) >= 11 is 0. The molecule has 9 heteroatoms. The van der Waals surface area contributed by atoms with E-state index in [1.807, 2.05) is 18.2 Å². The second-order valence-corrected chi connectivity index (χ2v) is 5.99. The van der Waals surface area contributed by atoms with Gasteiger partial charge in [-0.15, -0.1) is 24.0 Å². The number of carbonyl (C=O) groups is 1. The summed E-state index contributed by atoms with van der Waals surface area (Å²) in [7, 11) is 1.65. The van der Waals surface area contributed by atoms with Crippen LogP contribution in [0.15, 0.2) is 59.6 Å².